The highest BCUT2D eigenvalue weighted by Crippen LogP contribution is 2.50. The van der Waals surface area contributed by atoms with Crippen molar-refractivity contribution in [2.75, 3.05) is 0 Å². The van der Waals surface area contributed by atoms with Crippen molar-refractivity contribution < 1.29 is 4.42 Å². The van der Waals surface area contributed by atoms with Crippen molar-refractivity contribution in [3.8, 4) is 16.8 Å². The van der Waals surface area contributed by atoms with Gasteiger partial charge < -0.3 is 8.98 Å². The lowest BCUT2D eigenvalue weighted by molar-refractivity contribution is 0.547. The zero-order valence-electron chi connectivity index (χ0n) is 22.9. The van der Waals surface area contributed by atoms with E-state index in [4.69, 9.17) is 4.42 Å². The smallest absolute Gasteiger partial charge is 0.137 e. The van der Waals surface area contributed by atoms with Gasteiger partial charge in [0.25, 0.3) is 0 Å². The van der Waals surface area contributed by atoms with E-state index >= 15 is 0 Å². The molecule has 0 saturated carbocycles. The van der Waals surface area contributed by atoms with Gasteiger partial charge in [0, 0.05) is 39.9 Å². The summed E-state index contributed by atoms with van der Waals surface area (Å²) in [5, 5.41) is 11.7. The predicted molar refractivity (Wildman–Crippen MR) is 176 cm³/mol. The monoisotopic (exact) mass is 535 g/mol. The lowest BCUT2D eigenvalue weighted by Gasteiger charge is -2.22. The molecule has 2 nitrogen and oxygen atoms in total. The summed E-state index contributed by atoms with van der Waals surface area (Å²) in [7, 11) is 0. The van der Waals surface area contributed by atoms with Crippen LogP contribution >= 0.6 is 0 Å². The number of furan rings is 1. The highest BCUT2D eigenvalue weighted by molar-refractivity contribution is 6.27. The number of hydrogen-bond donors (Lipinski definition) is 0. The summed E-state index contributed by atoms with van der Waals surface area (Å²) in [5.41, 5.74) is 8.57. The normalized spacial score (nSPS) is 13.0. The second-order valence-corrected chi connectivity index (χ2v) is 11.6. The summed E-state index contributed by atoms with van der Waals surface area (Å²) in [6, 6.07) is 46.5. The van der Waals surface area contributed by atoms with Crippen LogP contribution in [0.2, 0.25) is 0 Å². The van der Waals surface area contributed by atoms with Crippen LogP contribution in [0.25, 0.3) is 81.9 Å². The van der Waals surface area contributed by atoms with Gasteiger partial charge in [-0.05, 0) is 74.1 Å². The molecule has 196 valence electrons. The number of nitrogens with zero attached hydrogens (tertiary/aromatic N) is 1. The fourth-order valence-corrected chi connectivity index (χ4v) is 7.73. The molecular formula is C40H25NO. The van der Waals surface area contributed by atoms with Crippen molar-refractivity contribution in [2.24, 2.45) is 0 Å². The summed E-state index contributed by atoms with van der Waals surface area (Å²) in [4.78, 5) is 0. The molecule has 0 saturated heterocycles. The zero-order chi connectivity index (χ0) is 27.4. The predicted octanol–water partition coefficient (Wildman–Crippen LogP) is 10.8. The zero-order valence-corrected chi connectivity index (χ0v) is 22.9. The van der Waals surface area contributed by atoms with Crippen molar-refractivity contribution in [3.63, 3.8) is 0 Å². The average Bonchev–Trinajstić information content (AvgIpc) is 3.58. The molecule has 2 heterocycles. The van der Waals surface area contributed by atoms with Crippen molar-refractivity contribution in [2.45, 2.75) is 12.8 Å². The van der Waals surface area contributed by atoms with Crippen LogP contribution in [0.4, 0.5) is 0 Å². The molecule has 0 fully saturated rings. The number of benzene rings is 7. The van der Waals surface area contributed by atoms with E-state index in [2.05, 4.69) is 132 Å². The van der Waals surface area contributed by atoms with Crippen LogP contribution in [0, 0.1) is 0 Å². The van der Waals surface area contributed by atoms with Gasteiger partial charge in [-0.1, -0.05) is 97.1 Å². The molecule has 0 spiro atoms. The Morgan fingerprint density at radius 3 is 2.10 bits per heavy atom. The van der Waals surface area contributed by atoms with Crippen LogP contribution < -0.4 is 0 Å². The topological polar surface area (TPSA) is 18.1 Å². The molecule has 0 bridgehead atoms. The van der Waals surface area contributed by atoms with Crippen molar-refractivity contribution in [1.29, 1.82) is 0 Å². The molecule has 0 aliphatic heterocycles. The summed E-state index contributed by atoms with van der Waals surface area (Å²) < 4.78 is 9.15. The van der Waals surface area contributed by atoms with Gasteiger partial charge in [-0.3, -0.25) is 0 Å². The maximum atomic E-state index is 6.78. The Morgan fingerprint density at radius 1 is 0.476 bits per heavy atom. The van der Waals surface area contributed by atoms with E-state index in [0.717, 1.165) is 29.9 Å². The summed E-state index contributed by atoms with van der Waals surface area (Å²) >= 11 is 0. The maximum Gasteiger partial charge on any atom is 0.137 e. The third kappa shape index (κ3) is 2.84. The van der Waals surface area contributed by atoms with E-state index < -0.39 is 0 Å². The number of fused-ring (bicyclic) bond motifs is 15. The Bertz CT molecular complexity index is 2560. The van der Waals surface area contributed by atoms with E-state index in [1.165, 1.54) is 76.2 Å². The van der Waals surface area contributed by atoms with Crippen LogP contribution in [0.3, 0.4) is 0 Å². The Morgan fingerprint density at radius 2 is 1.21 bits per heavy atom. The van der Waals surface area contributed by atoms with Crippen molar-refractivity contribution in [1.82, 2.24) is 4.57 Å². The highest BCUT2D eigenvalue weighted by atomic mass is 16.3. The van der Waals surface area contributed by atoms with E-state index in [1.807, 2.05) is 0 Å². The van der Waals surface area contributed by atoms with Crippen LogP contribution in [-0.2, 0) is 12.8 Å². The SMILES string of the molecule is c1ccc(-n2c3ccccc3c3cc4c5c(oc4cc32)CCc2c-5c3ccc4ccccc4c3c3ccccc23)cc1. The van der Waals surface area contributed by atoms with Gasteiger partial charge in [0.15, 0.2) is 0 Å². The van der Waals surface area contributed by atoms with Crippen molar-refractivity contribution in [3.05, 3.63) is 139 Å². The molecule has 42 heavy (non-hydrogen) atoms. The van der Waals surface area contributed by atoms with Gasteiger partial charge in [0.05, 0.1) is 11.0 Å². The molecule has 0 unspecified atom stereocenters. The largest absolute Gasteiger partial charge is 0.460 e. The number of hydrogen-bond acceptors (Lipinski definition) is 1. The third-order valence-electron chi connectivity index (χ3n) is 9.44. The number of aryl methyl sites for hydroxylation is 2. The molecule has 1 aliphatic carbocycles. The highest BCUT2D eigenvalue weighted by Gasteiger charge is 2.28. The second kappa shape index (κ2) is 8.11. The molecule has 10 rings (SSSR count). The summed E-state index contributed by atoms with van der Waals surface area (Å²) in [6.07, 6.45) is 1.88. The number of rotatable bonds is 1. The average molecular weight is 536 g/mol. The van der Waals surface area contributed by atoms with Crippen LogP contribution in [0.5, 0.6) is 0 Å². The molecule has 1 aliphatic rings. The summed E-state index contributed by atoms with van der Waals surface area (Å²) in [5.74, 6) is 1.10. The second-order valence-electron chi connectivity index (χ2n) is 11.6. The Hall–Kier alpha value is -5.34. The minimum atomic E-state index is 0.906. The van der Waals surface area contributed by atoms with Crippen LogP contribution in [0.1, 0.15) is 11.3 Å². The molecule has 2 heteroatoms. The van der Waals surface area contributed by atoms with Crippen LogP contribution in [-0.4, -0.2) is 4.57 Å². The maximum absolute atomic E-state index is 6.78. The molecule has 0 radical (unpaired) electrons. The summed E-state index contributed by atoms with van der Waals surface area (Å²) in [6.45, 7) is 0. The molecular weight excluding hydrogens is 510 g/mol. The molecule has 2 aromatic heterocycles. The lowest BCUT2D eigenvalue weighted by atomic mass is 9.80. The van der Waals surface area contributed by atoms with Crippen LogP contribution in [0.15, 0.2) is 132 Å². The Balaban J connectivity index is 1.37. The molecule has 0 N–H and O–H groups in total. The Kier molecular flexibility index (Phi) is 4.32. The Labute approximate surface area is 242 Å². The van der Waals surface area contributed by atoms with Gasteiger partial charge in [-0.15, -0.1) is 0 Å². The standard InChI is InChI=1S/C40H25NO/c1-2-11-25(12-3-1)41-34-17-9-8-15-28(34)32-22-33-37(23-35(32)41)42-36-21-20-30-27-14-6-7-16-29(27)38-26-13-5-4-10-24(26)18-19-31(38)39(30)40(33)36/h1-19,22-23H,20-21H2. The van der Waals surface area contributed by atoms with Crippen molar-refractivity contribution >= 4 is 65.1 Å². The first-order valence-electron chi connectivity index (χ1n) is 14.7. The fraction of sp³-hybridized carbons (Fsp3) is 0.0500. The third-order valence-corrected chi connectivity index (χ3v) is 9.44. The van der Waals surface area contributed by atoms with E-state index in [-0.39, 0.29) is 0 Å². The van der Waals surface area contributed by atoms with E-state index in [9.17, 15) is 0 Å². The minimum Gasteiger partial charge on any atom is -0.460 e. The van der Waals surface area contributed by atoms with Gasteiger partial charge in [-0.2, -0.15) is 0 Å². The van der Waals surface area contributed by atoms with Gasteiger partial charge >= 0.3 is 0 Å². The number of aromatic nitrogens is 1. The first-order valence-corrected chi connectivity index (χ1v) is 14.7. The van der Waals surface area contributed by atoms with E-state index in [1.54, 1.807) is 0 Å². The minimum absolute atomic E-state index is 0.906. The quantitative estimate of drug-likeness (QED) is 0.191. The lowest BCUT2D eigenvalue weighted by Crippen LogP contribution is -2.04. The van der Waals surface area contributed by atoms with E-state index in [0.29, 0.717) is 0 Å². The van der Waals surface area contributed by atoms with Gasteiger partial charge in [0.1, 0.15) is 11.3 Å². The molecule has 0 atom stereocenters. The number of para-hydroxylation sites is 2. The molecule has 0 amide bonds. The first kappa shape index (κ1) is 22.4. The molecule has 9 aromatic rings. The van der Waals surface area contributed by atoms with Gasteiger partial charge in [0.2, 0.25) is 0 Å². The van der Waals surface area contributed by atoms with Gasteiger partial charge in [-0.25, -0.2) is 0 Å². The fourth-order valence-electron chi connectivity index (χ4n) is 7.73. The molecule has 7 aromatic carbocycles. The first-order chi connectivity index (χ1) is 20.8.